The molecule has 0 fully saturated rings. The van der Waals surface area contributed by atoms with E-state index >= 15 is 0 Å². The number of benzene rings is 2. The number of aromatic hydroxyl groups is 1. The number of nitrogens with one attached hydrogen (secondary N) is 1. The first-order chi connectivity index (χ1) is 9.47. The van der Waals surface area contributed by atoms with Gasteiger partial charge in [0.05, 0.1) is 11.1 Å². The van der Waals surface area contributed by atoms with Gasteiger partial charge in [-0.15, -0.1) is 0 Å². The summed E-state index contributed by atoms with van der Waals surface area (Å²) in [5.74, 6) is -1.78. The highest BCUT2D eigenvalue weighted by molar-refractivity contribution is 6.31. The number of aromatic carboxylic acids is 1. The Hall–Kier alpha value is -2.53. The number of phenols is 1. The molecule has 0 heterocycles. The Balaban J connectivity index is 2.17. The summed E-state index contributed by atoms with van der Waals surface area (Å²) >= 11 is 5.68. The van der Waals surface area contributed by atoms with Gasteiger partial charge in [-0.1, -0.05) is 11.6 Å². The smallest absolute Gasteiger partial charge is 0.335 e. The van der Waals surface area contributed by atoms with E-state index in [1.54, 1.807) is 0 Å². The summed E-state index contributed by atoms with van der Waals surface area (Å²) in [5.41, 5.74) is 0.628. The Labute approximate surface area is 119 Å². The zero-order valence-corrected chi connectivity index (χ0v) is 10.9. The zero-order valence-electron chi connectivity index (χ0n) is 10.1. The van der Waals surface area contributed by atoms with Crippen LogP contribution in [0.4, 0.5) is 5.69 Å². The zero-order chi connectivity index (χ0) is 14.7. The third-order valence-corrected chi connectivity index (χ3v) is 2.83. The Morgan fingerprint density at radius 2 is 1.70 bits per heavy atom. The molecule has 5 nitrogen and oxygen atoms in total. The number of amides is 1. The molecule has 2 aromatic carbocycles. The number of phenolic OH excluding ortho intramolecular Hbond substituents is 1. The molecule has 0 spiro atoms. The number of anilines is 1. The molecule has 0 saturated carbocycles. The van der Waals surface area contributed by atoms with Crippen LogP contribution < -0.4 is 5.32 Å². The number of rotatable bonds is 3. The van der Waals surface area contributed by atoms with Crippen molar-refractivity contribution in [1.29, 1.82) is 0 Å². The maximum atomic E-state index is 11.9. The third-order valence-electron chi connectivity index (χ3n) is 2.59. The van der Waals surface area contributed by atoms with Gasteiger partial charge in [-0.05, 0) is 42.5 Å². The highest BCUT2D eigenvalue weighted by Gasteiger charge is 2.12. The molecule has 0 atom stereocenters. The van der Waals surface area contributed by atoms with Crippen LogP contribution >= 0.6 is 11.6 Å². The number of carbonyl (C=O) groups is 2. The Bertz CT molecular complexity index is 667. The van der Waals surface area contributed by atoms with E-state index in [1.807, 2.05) is 0 Å². The van der Waals surface area contributed by atoms with Crippen molar-refractivity contribution >= 4 is 29.2 Å². The third kappa shape index (κ3) is 3.07. The van der Waals surface area contributed by atoms with Crippen molar-refractivity contribution < 1.29 is 19.8 Å². The second-order valence-corrected chi connectivity index (χ2v) is 4.43. The Morgan fingerprint density at radius 3 is 2.25 bits per heavy atom. The minimum atomic E-state index is -1.04. The molecule has 0 aliphatic carbocycles. The SMILES string of the molecule is O=C(O)c1ccc(NC(=O)c2ccc(Cl)cc2O)cc1. The van der Waals surface area contributed by atoms with Crippen LogP contribution in [0.5, 0.6) is 5.75 Å². The van der Waals surface area contributed by atoms with E-state index in [9.17, 15) is 14.7 Å². The molecule has 0 unspecified atom stereocenters. The lowest BCUT2D eigenvalue weighted by molar-refractivity contribution is 0.0696. The number of carboxylic acids is 1. The molecule has 0 aliphatic rings. The van der Waals surface area contributed by atoms with Gasteiger partial charge in [0.25, 0.3) is 5.91 Å². The van der Waals surface area contributed by atoms with Crippen LogP contribution in [-0.4, -0.2) is 22.1 Å². The average Bonchev–Trinajstić information content (AvgIpc) is 2.39. The van der Waals surface area contributed by atoms with Gasteiger partial charge < -0.3 is 15.5 Å². The molecule has 2 aromatic rings. The fourth-order valence-corrected chi connectivity index (χ4v) is 1.76. The molecule has 2 rings (SSSR count). The number of carbonyl (C=O) groups excluding carboxylic acids is 1. The molecule has 0 aromatic heterocycles. The summed E-state index contributed by atoms with van der Waals surface area (Å²) in [4.78, 5) is 22.6. The molecule has 0 bridgehead atoms. The first-order valence-electron chi connectivity index (χ1n) is 5.60. The van der Waals surface area contributed by atoms with E-state index in [-0.39, 0.29) is 16.9 Å². The van der Waals surface area contributed by atoms with E-state index in [0.717, 1.165) is 0 Å². The normalized spacial score (nSPS) is 10.1. The van der Waals surface area contributed by atoms with Crippen molar-refractivity contribution in [3.8, 4) is 5.75 Å². The van der Waals surface area contributed by atoms with Gasteiger partial charge in [0.15, 0.2) is 0 Å². The largest absolute Gasteiger partial charge is 0.507 e. The number of halogens is 1. The number of hydrogen-bond acceptors (Lipinski definition) is 3. The lowest BCUT2D eigenvalue weighted by Crippen LogP contribution is -2.12. The quantitative estimate of drug-likeness (QED) is 0.811. The molecule has 6 heteroatoms. The Kier molecular flexibility index (Phi) is 3.91. The summed E-state index contributed by atoms with van der Waals surface area (Å²) in [5, 5.41) is 21.3. The van der Waals surface area contributed by atoms with Crippen molar-refractivity contribution in [3.05, 3.63) is 58.6 Å². The van der Waals surface area contributed by atoms with E-state index in [2.05, 4.69) is 5.32 Å². The van der Waals surface area contributed by atoms with Crippen LogP contribution in [0.15, 0.2) is 42.5 Å². The van der Waals surface area contributed by atoms with Crippen LogP contribution in [0.3, 0.4) is 0 Å². The summed E-state index contributed by atoms with van der Waals surface area (Å²) in [7, 11) is 0. The van der Waals surface area contributed by atoms with E-state index in [1.165, 1.54) is 42.5 Å². The lowest BCUT2D eigenvalue weighted by Gasteiger charge is -2.07. The molecule has 0 radical (unpaired) electrons. The van der Waals surface area contributed by atoms with Crippen LogP contribution in [0.1, 0.15) is 20.7 Å². The summed E-state index contributed by atoms with van der Waals surface area (Å²) < 4.78 is 0. The van der Waals surface area contributed by atoms with Crippen LogP contribution in [0.2, 0.25) is 5.02 Å². The predicted molar refractivity (Wildman–Crippen MR) is 74.5 cm³/mol. The molecule has 20 heavy (non-hydrogen) atoms. The standard InChI is InChI=1S/C14H10ClNO4/c15-9-3-6-11(12(17)7-9)13(18)16-10-4-1-8(2-5-10)14(19)20/h1-7,17H,(H,16,18)(H,19,20). The van der Waals surface area contributed by atoms with Crippen molar-refractivity contribution in [2.45, 2.75) is 0 Å². The lowest BCUT2D eigenvalue weighted by atomic mass is 10.1. The van der Waals surface area contributed by atoms with E-state index < -0.39 is 11.9 Å². The van der Waals surface area contributed by atoms with E-state index in [0.29, 0.717) is 10.7 Å². The van der Waals surface area contributed by atoms with Crippen LogP contribution in [-0.2, 0) is 0 Å². The summed E-state index contributed by atoms with van der Waals surface area (Å²) in [6.07, 6.45) is 0. The molecule has 0 aliphatic heterocycles. The highest BCUT2D eigenvalue weighted by Crippen LogP contribution is 2.23. The van der Waals surface area contributed by atoms with Crippen molar-refractivity contribution in [2.75, 3.05) is 5.32 Å². The van der Waals surface area contributed by atoms with Gasteiger partial charge in [-0.3, -0.25) is 4.79 Å². The Morgan fingerprint density at radius 1 is 1.05 bits per heavy atom. The maximum Gasteiger partial charge on any atom is 0.335 e. The van der Waals surface area contributed by atoms with Crippen LogP contribution in [0, 0.1) is 0 Å². The predicted octanol–water partition coefficient (Wildman–Crippen LogP) is 3.00. The van der Waals surface area contributed by atoms with Gasteiger partial charge >= 0.3 is 5.97 Å². The topological polar surface area (TPSA) is 86.6 Å². The second-order valence-electron chi connectivity index (χ2n) is 4.00. The molecule has 3 N–H and O–H groups in total. The number of carboxylic acid groups (broad SMARTS) is 1. The molecule has 1 amide bonds. The first kappa shape index (κ1) is 13.9. The van der Waals surface area contributed by atoms with Crippen molar-refractivity contribution in [3.63, 3.8) is 0 Å². The van der Waals surface area contributed by atoms with Gasteiger partial charge in [-0.25, -0.2) is 4.79 Å². The average molecular weight is 292 g/mol. The fraction of sp³-hybridized carbons (Fsp3) is 0. The maximum absolute atomic E-state index is 11.9. The highest BCUT2D eigenvalue weighted by atomic mass is 35.5. The number of hydrogen-bond donors (Lipinski definition) is 3. The van der Waals surface area contributed by atoms with Gasteiger partial charge in [0, 0.05) is 10.7 Å². The van der Waals surface area contributed by atoms with Crippen LogP contribution in [0.25, 0.3) is 0 Å². The van der Waals surface area contributed by atoms with E-state index in [4.69, 9.17) is 16.7 Å². The summed E-state index contributed by atoms with van der Waals surface area (Å²) in [6, 6.07) is 9.84. The summed E-state index contributed by atoms with van der Waals surface area (Å²) in [6.45, 7) is 0. The molecular weight excluding hydrogens is 282 g/mol. The second kappa shape index (κ2) is 5.63. The molecule has 102 valence electrons. The molecule has 0 saturated heterocycles. The molecular formula is C14H10ClNO4. The first-order valence-corrected chi connectivity index (χ1v) is 5.98. The fourth-order valence-electron chi connectivity index (χ4n) is 1.59. The van der Waals surface area contributed by atoms with Gasteiger partial charge in [0.2, 0.25) is 0 Å². The van der Waals surface area contributed by atoms with Gasteiger partial charge in [0.1, 0.15) is 5.75 Å². The monoisotopic (exact) mass is 291 g/mol. The minimum Gasteiger partial charge on any atom is -0.507 e. The van der Waals surface area contributed by atoms with Crippen molar-refractivity contribution in [1.82, 2.24) is 0 Å². The minimum absolute atomic E-state index is 0.0803. The van der Waals surface area contributed by atoms with Gasteiger partial charge in [-0.2, -0.15) is 0 Å². The van der Waals surface area contributed by atoms with Crippen molar-refractivity contribution in [2.24, 2.45) is 0 Å².